The number of alkyl halides is 3. The van der Waals surface area contributed by atoms with Crippen molar-refractivity contribution in [2.24, 2.45) is 0 Å². The third kappa shape index (κ3) is 6.39. The van der Waals surface area contributed by atoms with Crippen LogP contribution >= 0.6 is 11.6 Å². The quantitative estimate of drug-likeness (QED) is 0.216. The Kier molecular flexibility index (Phi) is 8.64. The second kappa shape index (κ2) is 12.5. The van der Waals surface area contributed by atoms with Gasteiger partial charge in [-0.3, -0.25) is 9.69 Å². The van der Waals surface area contributed by atoms with Gasteiger partial charge < -0.3 is 24.2 Å². The van der Waals surface area contributed by atoms with Gasteiger partial charge in [0.2, 0.25) is 5.43 Å². The summed E-state index contributed by atoms with van der Waals surface area (Å²) in [5.41, 5.74) is -1.82. The molecule has 0 aliphatic carbocycles. The molecule has 0 amide bonds. The van der Waals surface area contributed by atoms with E-state index in [1.165, 1.54) is 4.57 Å². The number of aromatic nitrogens is 1. The van der Waals surface area contributed by atoms with Gasteiger partial charge in [0, 0.05) is 61.9 Å². The predicted octanol–water partition coefficient (Wildman–Crippen LogP) is 6.54. The van der Waals surface area contributed by atoms with Crippen LogP contribution in [0.2, 0.25) is 0 Å². The fourth-order valence-corrected chi connectivity index (χ4v) is 6.65. The zero-order valence-corrected chi connectivity index (χ0v) is 26.3. The van der Waals surface area contributed by atoms with Crippen LogP contribution in [0.5, 0.6) is 5.75 Å². The number of rotatable bonds is 8. The van der Waals surface area contributed by atoms with Crippen LogP contribution in [0.3, 0.4) is 0 Å². The summed E-state index contributed by atoms with van der Waals surface area (Å²) in [6.45, 7) is 8.15. The average Bonchev–Trinajstić information content (AvgIpc) is 3.51. The van der Waals surface area contributed by atoms with Crippen LogP contribution in [0, 0.1) is 19.7 Å². The highest BCUT2D eigenvalue weighted by atomic mass is 35.5. The molecule has 0 unspecified atom stereocenters. The number of carbonyl (C=O) groups is 1. The van der Waals surface area contributed by atoms with E-state index in [9.17, 15) is 23.5 Å². The van der Waals surface area contributed by atoms with E-state index in [4.69, 9.17) is 16.3 Å². The number of carboxylic acid groups (broad SMARTS) is 1. The summed E-state index contributed by atoms with van der Waals surface area (Å²) in [4.78, 5) is 31.5. The molecule has 6 rings (SSSR count). The zero-order chi connectivity index (χ0) is 32.7. The van der Waals surface area contributed by atoms with Crippen molar-refractivity contribution in [2.45, 2.75) is 38.8 Å². The van der Waals surface area contributed by atoms with Crippen LogP contribution in [-0.4, -0.2) is 65.4 Å². The van der Waals surface area contributed by atoms with Crippen molar-refractivity contribution in [3.63, 3.8) is 0 Å². The van der Waals surface area contributed by atoms with Gasteiger partial charge in [0.05, 0.1) is 5.39 Å². The zero-order valence-electron chi connectivity index (χ0n) is 25.5. The molecular formula is C34H34ClF3N4O4. The lowest BCUT2D eigenvalue weighted by atomic mass is 10.1. The number of aromatic carboxylic acids is 1. The number of nitrogens with zero attached hydrogens (tertiary/aromatic N) is 4. The number of fused-ring (bicyclic) bond motifs is 1. The highest BCUT2D eigenvalue weighted by Gasteiger charge is 2.35. The Labute approximate surface area is 269 Å². The van der Waals surface area contributed by atoms with Crippen molar-refractivity contribution < 1.29 is 27.8 Å². The number of likely N-dealkylation sites (tertiary alicyclic amines) is 1. The largest absolute Gasteiger partial charge is 0.487 e. The van der Waals surface area contributed by atoms with Gasteiger partial charge in [-0.15, -0.1) is 8.78 Å². The molecule has 2 aliphatic heterocycles. The lowest BCUT2D eigenvalue weighted by Crippen LogP contribution is -2.47. The first kappa shape index (κ1) is 31.7. The Balaban J connectivity index is 1.47. The summed E-state index contributed by atoms with van der Waals surface area (Å²) >= 11 is 5.30. The Morgan fingerprint density at radius 2 is 1.61 bits per heavy atom. The number of piperazine rings is 1. The van der Waals surface area contributed by atoms with E-state index in [0.29, 0.717) is 18.8 Å². The molecule has 2 fully saturated rings. The standard InChI is InChI=1S/C34H34ClF3N4O4/c1-21-5-10-28(22(2)17-21)40-13-15-41(16-14-40)30-27(36)18-25-29(32(30)46-34(35,37)38)42(20-26(31(25)43)33(44)45)24-8-6-23(7-9-24)19-39-11-3-4-12-39/h5-10,17-18,20H,3-4,11-16,19H2,1-2H3,(H,44,45). The van der Waals surface area contributed by atoms with Crippen LogP contribution in [-0.2, 0) is 6.54 Å². The first-order chi connectivity index (χ1) is 21.9. The van der Waals surface area contributed by atoms with Gasteiger partial charge in [0.25, 0.3) is 0 Å². The Morgan fingerprint density at radius 1 is 0.957 bits per heavy atom. The minimum absolute atomic E-state index is 0.212. The summed E-state index contributed by atoms with van der Waals surface area (Å²) < 4.78 is 51.2. The summed E-state index contributed by atoms with van der Waals surface area (Å²) in [7, 11) is 0. The minimum Gasteiger partial charge on any atom is -0.477 e. The van der Waals surface area contributed by atoms with Crippen molar-refractivity contribution in [2.75, 3.05) is 49.1 Å². The van der Waals surface area contributed by atoms with Gasteiger partial charge >= 0.3 is 11.5 Å². The normalized spacial score (nSPS) is 16.0. The van der Waals surface area contributed by atoms with Crippen LogP contribution in [0.1, 0.15) is 39.9 Å². The van der Waals surface area contributed by atoms with E-state index in [-0.39, 0.29) is 24.3 Å². The Morgan fingerprint density at radius 3 is 2.22 bits per heavy atom. The number of hydrogen-bond acceptors (Lipinski definition) is 6. The summed E-state index contributed by atoms with van der Waals surface area (Å²) in [6, 6.07) is 14.1. The maximum absolute atomic E-state index is 16.0. The number of aryl methyl sites for hydroxylation is 2. The predicted molar refractivity (Wildman–Crippen MR) is 173 cm³/mol. The number of carboxylic acids is 1. The van der Waals surface area contributed by atoms with E-state index in [1.807, 2.05) is 38.1 Å². The molecule has 2 aliphatic rings. The molecule has 3 aromatic carbocycles. The van der Waals surface area contributed by atoms with Crippen LogP contribution in [0.4, 0.5) is 24.5 Å². The summed E-state index contributed by atoms with van der Waals surface area (Å²) in [5.74, 6) is -3.19. The summed E-state index contributed by atoms with van der Waals surface area (Å²) in [6.07, 6.45) is 3.32. The van der Waals surface area contributed by atoms with E-state index in [2.05, 4.69) is 15.9 Å². The number of ether oxygens (including phenoxy) is 1. The molecule has 0 saturated carbocycles. The molecule has 3 heterocycles. The highest BCUT2D eigenvalue weighted by Crippen LogP contribution is 2.43. The lowest BCUT2D eigenvalue weighted by Gasteiger charge is -2.39. The highest BCUT2D eigenvalue weighted by molar-refractivity contribution is 6.21. The topological polar surface area (TPSA) is 78.2 Å². The monoisotopic (exact) mass is 654 g/mol. The van der Waals surface area contributed by atoms with Gasteiger partial charge in [0.1, 0.15) is 16.8 Å². The van der Waals surface area contributed by atoms with Crippen molar-refractivity contribution in [3.8, 4) is 11.4 Å². The molecule has 0 spiro atoms. The summed E-state index contributed by atoms with van der Waals surface area (Å²) in [5, 5.41) is 9.42. The van der Waals surface area contributed by atoms with E-state index in [1.54, 1.807) is 17.0 Å². The first-order valence-electron chi connectivity index (χ1n) is 15.2. The molecule has 0 radical (unpaired) electrons. The fraction of sp³-hybridized carbons (Fsp3) is 0.353. The van der Waals surface area contributed by atoms with Gasteiger partial charge in [0.15, 0.2) is 11.6 Å². The third-order valence-corrected chi connectivity index (χ3v) is 8.80. The van der Waals surface area contributed by atoms with Crippen LogP contribution in [0.15, 0.2) is 59.5 Å². The van der Waals surface area contributed by atoms with Crippen LogP contribution in [0.25, 0.3) is 16.6 Å². The number of anilines is 2. The fourth-order valence-electron chi connectivity index (χ4n) is 6.57. The number of pyridine rings is 1. The van der Waals surface area contributed by atoms with Gasteiger partial charge in [-0.05, 0) is 75.2 Å². The molecule has 0 atom stereocenters. The molecule has 4 aromatic rings. The van der Waals surface area contributed by atoms with Crippen molar-refractivity contribution in [1.29, 1.82) is 0 Å². The molecule has 8 nitrogen and oxygen atoms in total. The first-order valence-corrected chi connectivity index (χ1v) is 15.6. The van der Waals surface area contributed by atoms with Crippen molar-refractivity contribution >= 4 is 39.8 Å². The second-order valence-electron chi connectivity index (χ2n) is 11.9. The molecular weight excluding hydrogens is 621 g/mol. The smallest absolute Gasteiger partial charge is 0.477 e. The number of halogens is 4. The van der Waals surface area contributed by atoms with Gasteiger partial charge in [-0.25, -0.2) is 9.18 Å². The maximum atomic E-state index is 16.0. The van der Waals surface area contributed by atoms with E-state index < -0.39 is 39.5 Å². The molecule has 12 heteroatoms. The Bertz CT molecular complexity index is 1850. The van der Waals surface area contributed by atoms with Gasteiger partial charge in [-0.1, -0.05) is 29.8 Å². The van der Waals surface area contributed by atoms with Crippen molar-refractivity contribution in [1.82, 2.24) is 9.47 Å². The maximum Gasteiger partial charge on any atom is 0.487 e. The molecule has 0 bridgehead atoms. The van der Waals surface area contributed by atoms with E-state index >= 15 is 4.39 Å². The van der Waals surface area contributed by atoms with Gasteiger partial charge in [-0.2, -0.15) is 0 Å². The average molecular weight is 655 g/mol. The second-order valence-corrected chi connectivity index (χ2v) is 12.4. The Hall–Kier alpha value is -4.22. The van der Waals surface area contributed by atoms with Crippen molar-refractivity contribution in [3.05, 3.63) is 93.0 Å². The van der Waals surface area contributed by atoms with E-state index in [0.717, 1.165) is 67.1 Å². The molecule has 1 N–H and O–H groups in total. The lowest BCUT2D eigenvalue weighted by molar-refractivity contribution is -0.0955. The molecule has 46 heavy (non-hydrogen) atoms. The third-order valence-electron chi connectivity index (χ3n) is 8.73. The number of benzene rings is 3. The molecule has 1 aromatic heterocycles. The molecule has 242 valence electrons. The molecule has 2 saturated heterocycles. The minimum atomic E-state index is -4.26. The SMILES string of the molecule is Cc1ccc(N2CCN(c3c(F)cc4c(=O)c(C(=O)O)cn(-c5ccc(CN6CCCC6)cc5)c4c3OC(F)(F)Cl)CC2)c(C)c1. The van der Waals surface area contributed by atoms with Crippen LogP contribution < -0.4 is 20.0 Å². The number of hydrogen-bond donors (Lipinski definition) is 1.